The normalized spacial score (nSPS) is 22.2. The van der Waals surface area contributed by atoms with Crippen LogP contribution in [0, 0.1) is 21.8 Å². The van der Waals surface area contributed by atoms with E-state index in [2.05, 4.69) is 5.32 Å². The number of hydrogen-bond acceptors (Lipinski definition) is 5. The molecule has 19 heavy (non-hydrogen) atoms. The van der Waals surface area contributed by atoms with Crippen LogP contribution in [0.5, 0.6) is 0 Å². The first kappa shape index (κ1) is 13.4. The molecule has 1 fully saturated rings. The molecule has 1 heterocycles. The molecule has 3 N–H and O–H groups in total. The molecule has 102 valence electrons. The molecule has 1 amide bonds. The van der Waals surface area contributed by atoms with E-state index in [1.807, 2.05) is 0 Å². The van der Waals surface area contributed by atoms with Crippen molar-refractivity contribution in [3.63, 3.8) is 0 Å². The number of anilines is 1. The maximum Gasteiger partial charge on any atom is 0.274 e. The molecule has 1 saturated heterocycles. The third-order valence-corrected chi connectivity index (χ3v) is 2.82. The number of rotatable bonds is 3. The lowest BCUT2D eigenvalue weighted by Crippen LogP contribution is -2.37. The van der Waals surface area contributed by atoms with Crippen molar-refractivity contribution in [1.82, 2.24) is 0 Å². The Hall–Kier alpha value is -2.06. The zero-order chi connectivity index (χ0) is 14.0. The van der Waals surface area contributed by atoms with Gasteiger partial charge in [0.1, 0.15) is 5.82 Å². The first-order chi connectivity index (χ1) is 8.97. The van der Waals surface area contributed by atoms with Gasteiger partial charge in [-0.3, -0.25) is 14.9 Å². The molecule has 8 heteroatoms. The van der Waals surface area contributed by atoms with Crippen LogP contribution in [0.15, 0.2) is 18.2 Å². The predicted molar refractivity (Wildman–Crippen MR) is 64.0 cm³/mol. The number of nitro benzene ring substituents is 1. The molecule has 1 aliphatic heterocycles. The second-order valence-electron chi connectivity index (χ2n) is 4.25. The van der Waals surface area contributed by atoms with Crippen molar-refractivity contribution in [2.45, 2.75) is 6.04 Å². The second kappa shape index (κ2) is 5.29. The first-order valence-corrected chi connectivity index (χ1v) is 5.56. The molecular weight excluding hydrogens is 257 g/mol. The summed E-state index contributed by atoms with van der Waals surface area (Å²) >= 11 is 0. The summed E-state index contributed by atoms with van der Waals surface area (Å²) in [6.07, 6.45) is 0. The Labute approximate surface area is 107 Å². The molecular formula is C11H12FN3O4. The van der Waals surface area contributed by atoms with Crippen molar-refractivity contribution in [3.8, 4) is 0 Å². The molecule has 1 aromatic carbocycles. The standard InChI is InChI=1S/C11H12FN3O4/c12-6-1-7(3-8(2-6)15(17)18)14-11(16)9-4-19-5-10(9)13/h1-3,9-10H,4-5,13H2,(H,14,16). The maximum absolute atomic E-state index is 13.2. The molecule has 0 bridgehead atoms. The van der Waals surface area contributed by atoms with Gasteiger partial charge in [-0.05, 0) is 6.07 Å². The number of non-ortho nitro benzene ring substituents is 1. The Morgan fingerprint density at radius 2 is 2.21 bits per heavy atom. The fraction of sp³-hybridized carbons (Fsp3) is 0.364. The number of hydrogen-bond donors (Lipinski definition) is 2. The predicted octanol–water partition coefficient (Wildman–Crippen LogP) is 0.646. The quantitative estimate of drug-likeness (QED) is 0.618. The summed E-state index contributed by atoms with van der Waals surface area (Å²) in [6.45, 7) is 0.464. The van der Waals surface area contributed by atoms with Crippen LogP contribution in [0.25, 0.3) is 0 Å². The Morgan fingerprint density at radius 3 is 2.79 bits per heavy atom. The van der Waals surface area contributed by atoms with Gasteiger partial charge < -0.3 is 15.8 Å². The van der Waals surface area contributed by atoms with Crippen LogP contribution in [-0.2, 0) is 9.53 Å². The largest absolute Gasteiger partial charge is 0.379 e. The molecule has 0 spiro atoms. The first-order valence-electron chi connectivity index (χ1n) is 5.56. The van der Waals surface area contributed by atoms with Gasteiger partial charge in [-0.15, -0.1) is 0 Å². The molecule has 0 radical (unpaired) electrons. The molecule has 2 rings (SSSR count). The van der Waals surface area contributed by atoms with Crippen LogP contribution in [0.4, 0.5) is 15.8 Å². The highest BCUT2D eigenvalue weighted by Gasteiger charge is 2.31. The maximum atomic E-state index is 13.2. The van der Waals surface area contributed by atoms with Crippen molar-refractivity contribution in [1.29, 1.82) is 0 Å². The van der Waals surface area contributed by atoms with E-state index < -0.39 is 34.3 Å². The van der Waals surface area contributed by atoms with Gasteiger partial charge in [-0.2, -0.15) is 0 Å². The van der Waals surface area contributed by atoms with Gasteiger partial charge in [0, 0.05) is 12.1 Å². The SMILES string of the molecule is NC1COCC1C(=O)Nc1cc(F)cc([N+](=O)[O-])c1. The summed E-state index contributed by atoms with van der Waals surface area (Å²) in [5.41, 5.74) is 5.27. The highest BCUT2D eigenvalue weighted by molar-refractivity contribution is 5.93. The molecule has 0 saturated carbocycles. The topological polar surface area (TPSA) is 107 Å². The number of nitrogens with one attached hydrogen (secondary N) is 1. The second-order valence-corrected chi connectivity index (χ2v) is 4.25. The van der Waals surface area contributed by atoms with Crippen LogP contribution in [0.1, 0.15) is 0 Å². The fourth-order valence-electron chi connectivity index (χ4n) is 1.83. The highest BCUT2D eigenvalue weighted by atomic mass is 19.1. The smallest absolute Gasteiger partial charge is 0.274 e. The lowest BCUT2D eigenvalue weighted by Gasteiger charge is -2.13. The van der Waals surface area contributed by atoms with E-state index in [-0.39, 0.29) is 18.9 Å². The molecule has 1 aromatic rings. The van der Waals surface area contributed by atoms with Gasteiger partial charge in [0.2, 0.25) is 5.91 Å². The van der Waals surface area contributed by atoms with E-state index in [0.29, 0.717) is 0 Å². The lowest BCUT2D eigenvalue weighted by atomic mass is 10.0. The highest BCUT2D eigenvalue weighted by Crippen LogP contribution is 2.21. The Kier molecular flexibility index (Phi) is 3.72. The van der Waals surface area contributed by atoms with Crippen LogP contribution < -0.4 is 11.1 Å². The zero-order valence-corrected chi connectivity index (χ0v) is 9.84. The molecule has 7 nitrogen and oxygen atoms in total. The number of nitro groups is 1. The number of benzene rings is 1. The van der Waals surface area contributed by atoms with Crippen molar-refractivity contribution in [3.05, 3.63) is 34.1 Å². The molecule has 2 unspecified atom stereocenters. The molecule has 0 aromatic heterocycles. The third-order valence-electron chi connectivity index (χ3n) is 2.82. The number of carbonyl (C=O) groups is 1. The van der Waals surface area contributed by atoms with Gasteiger partial charge in [0.15, 0.2) is 0 Å². The van der Waals surface area contributed by atoms with E-state index in [1.54, 1.807) is 0 Å². The molecule has 1 aliphatic rings. The summed E-state index contributed by atoms with van der Waals surface area (Å²) < 4.78 is 18.2. The van der Waals surface area contributed by atoms with Crippen LogP contribution in [-0.4, -0.2) is 30.1 Å². The number of carbonyl (C=O) groups excluding carboxylic acids is 1. The Balaban J connectivity index is 2.14. The van der Waals surface area contributed by atoms with Crippen LogP contribution in [0.3, 0.4) is 0 Å². The number of amides is 1. The van der Waals surface area contributed by atoms with Gasteiger partial charge >= 0.3 is 0 Å². The average Bonchev–Trinajstić information content (AvgIpc) is 2.74. The number of halogens is 1. The van der Waals surface area contributed by atoms with Gasteiger partial charge in [0.05, 0.1) is 35.8 Å². The minimum Gasteiger partial charge on any atom is -0.379 e. The average molecular weight is 269 g/mol. The number of ether oxygens (including phenoxy) is 1. The van der Waals surface area contributed by atoms with Crippen LogP contribution in [0.2, 0.25) is 0 Å². The van der Waals surface area contributed by atoms with E-state index in [0.717, 1.165) is 18.2 Å². The summed E-state index contributed by atoms with van der Waals surface area (Å²) in [5, 5.41) is 13.0. The minimum absolute atomic E-state index is 0.0239. The van der Waals surface area contributed by atoms with E-state index in [1.165, 1.54) is 0 Å². The van der Waals surface area contributed by atoms with Crippen molar-refractivity contribution >= 4 is 17.3 Å². The Morgan fingerprint density at radius 1 is 1.47 bits per heavy atom. The minimum atomic E-state index is -0.795. The Bertz CT molecular complexity index is 523. The van der Waals surface area contributed by atoms with Gasteiger partial charge in [-0.25, -0.2) is 4.39 Å². The lowest BCUT2D eigenvalue weighted by molar-refractivity contribution is -0.385. The summed E-state index contributed by atoms with van der Waals surface area (Å²) in [7, 11) is 0. The summed E-state index contributed by atoms with van der Waals surface area (Å²) in [4.78, 5) is 21.7. The number of nitrogens with zero attached hydrogens (tertiary/aromatic N) is 1. The van der Waals surface area contributed by atoms with E-state index >= 15 is 0 Å². The van der Waals surface area contributed by atoms with E-state index in [4.69, 9.17) is 10.5 Å². The van der Waals surface area contributed by atoms with Crippen LogP contribution >= 0.6 is 0 Å². The van der Waals surface area contributed by atoms with Crippen molar-refractivity contribution in [2.24, 2.45) is 11.7 Å². The van der Waals surface area contributed by atoms with Gasteiger partial charge in [-0.1, -0.05) is 0 Å². The fourth-order valence-corrected chi connectivity index (χ4v) is 1.83. The third kappa shape index (κ3) is 3.04. The monoisotopic (exact) mass is 269 g/mol. The summed E-state index contributed by atoms with van der Waals surface area (Å²) in [6, 6.07) is 2.44. The molecule has 2 atom stereocenters. The van der Waals surface area contributed by atoms with Gasteiger partial charge in [0.25, 0.3) is 5.69 Å². The van der Waals surface area contributed by atoms with Crippen molar-refractivity contribution < 1.29 is 18.8 Å². The van der Waals surface area contributed by atoms with Crippen molar-refractivity contribution in [2.75, 3.05) is 18.5 Å². The summed E-state index contributed by atoms with van der Waals surface area (Å²) in [5.74, 6) is -1.77. The van der Waals surface area contributed by atoms with E-state index in [9.17, 15) is 19.3 Å². The zero-order valence-electron chi connectivity index (χ0n) is 9.84. The number of nitrogens with two attached hydrogens (primary N) is 1. The molecule has 0 aliphatic carbocycles.